The molecule has 0 unspecified atom stereocenters. The average Bonchev–Trinajstić information content (AvgIpc) is 3.20. The van der Waals surface area contributed by atoms with Gasteiger partial charge in [0.1, 0.15) is 0 Å². The number of hydrogen-bond donors (Lipinski definition) is 2. The number of likely N-dealkylation sites (N-methyl/N-ethyl adjacent to an activating group) is 1. The molecule has 2 aromatic rings. The molecule has 192 valence electrons. The van der Waals surface area contributed by atoms with Crippen molar-refractivity contribution in [3.63, 3.8) is 0 Å². The first kappa shape index (κ1) is 25.7. The number of likely N-dealkylation sites (tertiary alicyclic amines) is 1. The smallest absolute Gasteiger partial charge is 0.324 e. The van der Waals surface area contributed by atoms with E-state index in [0.717, 1.165) is 25.8 Å². The lowest BCUT2D eigenvalue weighted by Gasteiger charge is -2.46. The van der Waals surface area contributed by atoms with Crippen LogP contribution in [0.1, 0.15) is 63.1 Å². The molecule has 2 aliphatic rings. The molecule has 1 aromatic heterocycles. The number of amides is 3. The number of rotatable bonds is 6. The molecule has 0 spiro atoms. The Morgan fingerprint density at radius 1 is 1.20 bits per heavy atom. The monoisotopic (exact) mass is 481 g/mol. The van der Waals surface area contributed by atoms with E-state index >= 15 is 0 Å². The number of nitrogens with one attached hydrogen (secondary N) is 2. The number of carbonyl (C=O) groups excluding carboxylic acids is 2. The molecule has 1 aliphatic carbocycles. The molecule has 1 aromatic carbocycles. The molecule has 0 radical (unpaired) electrons. The number of imide groups is 1. The number of aromatic amines is 1. The molecule has 0 bridgehead atoms. The van der Waals surface area contributed by atoms with E-state index in [0.29, 0.717) is 25.7 Å². The summed E-state index contributed by atoms with van der Waals surface area (Å²) in [4.78, 5) is 36.1. The maximum absolute atomic E-state index is 13.8. The van der Waals surface area contributed by atoms with Crippen molar-refractivity contribution in [3.8, 4) is 0 Å². The summed E-state index contributed by atoms with van der Waals surface area (Å²) < 4.78 is 0. The molecule has 4 rings (SSSR count). The molecule has 3 atom stereocenters. The van der Waals surface area contributed by atoms with Gasteiger partial charge in [0.05, 0.1) is 5.92 Å². The topological polar surface area (TPSA) is 71.7 Å². The van der Waals surface area contributed by atoms with E-state index in [1.165, 1.54) is 32.5 Å². The molecule has 0 saturated carbocycles. The van der Waals surface area contributed by atoms with Gasteiger partial charge in [0.25, 0.3) is 0 Å². The Hall–Kier alpha value is -2.38. The first-order valence-electron chi connectivity index (χ1n) is 13.1. The van der Waals surface area contributed by atoms with E-state index in [4.69, 9.17) is 0 Å². The second kappa shape index (κ2) is 9.94. The number of H-pyrrole nitrogens is 1. The minimum atomic E-state index is -0.269. The van der Waals surface area contributed by atoms with Crippen molar-refractivity contribution in [2.75, 3.05) is 47.3 Å². The summed E-state index contributed by atoms with van der Waals surface area (Å²) in [5.74, 6) is 0.0359. The van der Waals surface area contributed by atoms with Crippen molar-refractivity contribution in [1.82, 2.24) is 25.0 Å². The molecule has 2 heterocycles. The fourth-order valence-electron chi connectivity index (χ4n) is 5.95. The minimum Gasteiger partial charge on any atom is -0.361 e. The predicted octanol–water partition coefficient (Wildman–Crippen LogP) is 3.94. The van der Waals surface area contributed by atoms with Crippen molar-refractivity contribution < 1.29 is 9.59 Å². The Bertz CT molecular complexity index is 1080. The molecular formula is C28H43N5O2. The normalized spacial score (nSPS) is 22.3. The Balaban J connectivity index is 1.65. The van der Waals surface area contributed by atoms with Crippen LogP contribution >= 0.6 is 0 Å². The van der Waals surface area contributed by atoms with Gasteiger partial charge in [0.2, 0.25) is 5.91 Å². The fourth-order valence-corrected chi connectivity index (χ4v) is 5.95. The zero-order chi connectivity index (χ0) is 25.5. The van der Waals surface area contributed by atoms with E-state index in [2.05, 4.69) is 66.2 Å². The van der Waals surface area contributed by atoms with Gasteiger partial charge in [-0.2, -0.15) is 0 Å². The van der Waals surface area contributed by atoms with Gasteiger partial charge in [0.15, 0.2) is 0 Å². The lowest BCUT2D eigenvalue weighted by atomic mass is 9.71. The highest BCUT2D eigenvalue weighted by Gasteiger charge is 2.43. The summed E-state index contributed by atoms with van der Waals surface area (Å²) in [6.45, 7) is 11.1. The lowest BCUT2D eigenvalue weighted by molar-refractivity contribution is -0.135. The van der Waals surface area contributed by atoms with Crippen LogP contribution in [0, 0.1) is 5.92 Å². The van der Waals surface area contributed by atoms with E-state index in [9.17, 15) is 9.59 Å². The Labute approximate surface area is 210 Å². The Kier molecular flexibility index (Phi) is 7.30. The summed E-state index contributed by atoms with van der Waals surface area (Å²) in [5, 5.41) is 4.20. The van der Waals surface area contributed by atoms with Crippen molar-refractivity contribution in [3.05, 3.63) is 35.0 Å². The van der Waals surface area contributed by atoms with Gasteiger partial charge in [-0.25, -0.2) is 4.79 Å². The molecule has 2 N–H and O–H groups in total. The summed E-state index contributed by atoms with van der Waals surface area (Å²) in [6, 6.07) is 4.78. The van der Waals surface area contributed by atoms with Crippen LogP contribution in [0.25, 0.3) is 10.9 Å². The van der Waals surface area contributed by atoms with Crippen LogP contribution in [0.4, 0.5) is 4.79 Å². The number of nitrogens with zero attached hydrogens (tertiary/aromatic N) is 3. The third-order valence-electron chi connectivity index (χ3n) is 7.84. The molecule has 1 fully saturated rings. The summed E-state index contributed by atoms with van der Waals surface area (Å²) in [7, 11) is 6.17. The number of piperidine rings is 1. The zero-order valence-electron chi connectivity index (χ0n) is 22.6. The van der Waals surface area contributed by atoms with Gasteiger partial charge in [0, 0.05) is 48.7 Å². The molecule has 35 heavy (non-hydrogen) atoms. The van der Waals surface area contributed by atoms with Gasteiger partial charge in [-0.1, -0.05) is 26.8 Å². The Morgan fingerprint density at radius 2 is 1.94 bits per heavy atom. The highest BCUT2D eigenvalue weighted by Crippen LogP contribution is 2.46. The predicted molar refractivity (Wildman–Crippen MR) is 142 cm³/mol. The van der Waals surface area contributed by atoms with Crippen LogP contribution in [-0.2, 0) is 16.6 Å². The van der Waals surface area contributed by atoms with Crippen LogP contribution in [0.15, 0.2) is 18.3 Å². The second-order valence-electron chi connectivity index (χ2n) is 11.8. The number of hydrogen-bond acceptors (Lipinski definition) is 4. The zero-order valence-corrected chi connectivity index (χ0v) is 22.6. The average molecular weight is 482 g/mol. The van der Waals surface area contributed by atoms with Crippen LogP contribution in [-0.4, -0.2) is 85.0 Å². The van der Waals surface area contributed by atoms with Crippen LogP contribution in [0.2, 0.25) is 0 Å². The molecule has 3 amide bonds. The minimum absolute atomic E-state index is 0.0388. The molecule has 1 aliphatic heterocycles. The third kappa shape index (κ3) is 5.12. The summed E-state index contributed by atoms with van der Waals surface area (Å²) in [5.41, 5.74) is 5.30. The van der Waals surface area contributed by atoms with Crippen LogP contribution in [0.5, 0.6) is 0 Å². The lowest BCUT2D eigenvalue weighted by Crippen LogP contribution is -2.54. The summed E-state index contributed by atoms with van der Waals surface area (Å²) in [6.07, 6.45) is 4.71. The van der Waals surface area contributed by atoms with Crippen molar-refractivity contribution in [1.29, 1.82) is 0 Å². The van der Waals surface area contributed by atoms with Gasteiger partial charge in [-0.05, 0) is 82.0 Å². The quantitative estimate of drug-likeness (QED) is 0.656. The van der Waals surface area contributed by atoms with Gasteiger partial charge >= 0.3 is 6.03 Å². The number of benzene rings is 1. The molecular weight excluding hydrogens is 438 g/mol. The largest absolute Gasteiger partial charge is 0.361 e. The van der Waals surface area contributed by atoms with E-state index in [1.54, 1.807) is 0 Å². The molecule has 7 heteroatoms. The van der Waals surface area contributed by atoms with Crippen molar-refractivity contribution in [2.45, 2.75) is 64.3 Å². The van der Waals surface area contributed by atoms with Gasteiger partial charge in [-0.3, -0.25) is 9.69 Å². The third-order valence-corrected chi connectivity index (χ3v) is 7.84. The van der Waals surface area contributed by atoms with E-state index < -0.39 is 0 Å². The van der Waals surface area contributed by atoms with Crippen LogP contribution in [0.3, 0.4) is 0 Å². The van der Waals surface area contributed by atoms with E-state index in [-0.39, 0.29) is 29.2 Å². The van der Waals surface area contributed by atoms with Gasteiger partial charge in [-0.15, -0.1) is 0 Å². The highest BCUT2D eigenvalue weighted by molar-refractivity contribution is 5.96. The number of urea groups is 1. The van der Waals surface area contributed by atoms with E-state index in [1.807, 2.05) is 21.0 Å². The standard InChI is InChI=1S/C28H43N5O2/c1-8-29-27(35)33(11-9-10-31(5)6)26(34)19-12-21-22-14-20(28(2,3)4)15-23-25(22)18(16-30-23)13-24(21)32(7)17-19/h14-16,19,21,24,30H,8-13,17H2,1-7H3,(H,29,35)/t19-,21-,24-/m1/s1. The first-order valence-corrected chi connectivity index (χ1v) is 13.1. The van der Waals surface area contributed by atoms with Crippen molar-refractivity contribution >= 4 is 22.8 Å². The van der Waals surface area contributed by atoms with Crippen molar-refractivity contribution in [2.24, 2.45) is 5.92 Å². The molecule has 7 nitrogen and oxygen atoms in total. The SMILES string of the molecule is CCNC(=O)N(CCCN(C)C)C(=O)[C@@H]1C[C@@H]2c3cc(C(C)(C)C)cc4[nH]cc(c34)C[C@H]2N(C)C1. The molecule has 1 saturated heterocycles. The highest BCUT2D eigenvalue weighted by atomic mass is 16.2. The maximum Gasteiger partial charge on any atom is 0.324 e. The maximum atomic E-state index is 13.8. The number of carbonyl (C=O) groups is 2. The number of aromatic nitrogens is 1. The van der Waals surface area contributed by atoms with Gasteiger partial charge < -0.3 is 20.1 Å². The summed E-state index contributed by atoms with van der Waals surface area (Å²) >= 11 is 0. The first-order chi connectivity index (χ1) is 16.5. The number of fused-ring (bicyclic) bond motifs is 2. The Morgan fingerprint density at radius 3 is 2.60 bits per heavy atom. The fraction of sp³-hybridized carbons (Fsp3) is 0.643. The van der Waals surface area contributed by atoms with Crippen LogP contribution < -0.4 is 5.32 Å². The second-order valence-corrected chi connectivity index (χ2v) is 11.8.